The fourth-order valence-corrected chi connectivity index (χ4v) is 3.94. The second-order valence-corrected chi connectivity index (χ2v) is 7.73. The SMILES string of the molecule is Cc1cccc2c(=O)[nH]c(CSc3nnc(-c4ccccc4Br)n3N)nc12. The molecule has 0 aliphatic rings. The van der Waals surface area contributed by atoms with Crippen LogP contribution in [-0.4, -0.2) is 24.8 Å². The fraction of sp³-hybridized carbons (Fsp3) is 0.111. The van der Waals surface area contributed by atoms with Gasteiger partial charge in [0.1, 0.15) is 5.82 Å². The van der Waals surface area contributed by atoms with E-state index in [1.807, 2.05) is 43.3 Å². The van der Waals surface area contributed by atoms with Crippen LogP contribution in [0.15, 0.2) is 56.9 Å². The van der Waals surface area contributed by atoms with E-state index < -0.39 is 0 Å². The lowest BCUT2D eigenvalue weighted by atomic mass is 10.1. The third-order valence-electron chi connectivity index (χ3n) is 4.10. The standard InChI is InChI=1S/C18H15BrN6OS/c1-10-5-4-7-12-15(10)21-14(22-17(12)26)9-27-18-24-23-16(25(18)20)11-6-2-3-8-13(11)19/h2-8H,9,20H2,1H3,(H,21,22,26). The van der Waals surface area contributed by atoms with E-state index in [-0.39, 0.29) is 5.56 Å². The number of nitrogens with one attached hydrogen (secondary N) is 1. The number of thioether (sulfide) groups is 1. The summed E-state index contributed by atoms with van der Waals surface area (Å²) in [7, 11) is 0. The summed E-state index contributed by atoms with van der Waals surface area (Å²) in [5.41, 5.74) is 2.37. The van der Waals surface area contributed by atoms with Crippen LogP contribution in [0.3, 0.4) is 0 Å². The molecule has 27 heavy (non-hydrogen) atoms. The van der Waals surface area contributed by atoms with E-state index >= 15 is 0 Å². The van der Waals surface area contributed by atoms with Gasteiger partial charge in [0.25, 0.3) is 5.56 Å². The molecule has 0 unspecified atom stereocenters. The lowest BCUT2D eigenvalue weighted by Gasteiger charge is -2.06. The van der Waals surface area contributed by atoms with Crippen molar-refractivity contribution in [3.63, 3.8) is 0 Å². The maximum absolute atomic E-state index is 12.3. The Morgan fingerprint density at radius 1 is 1.19 bits per heavy atom. The molecule has 7 nitrogen and oxygen atoms in total. The zero-order valence-corrected chi connectivity index (χ0v) is 16.7. The molecule has 0 radical (unpaired) electrons. The zero-order chi connectivity index (χ0) is 19.0. The number of halogens is 1. The van der Waals surface area contributed by atoms with Crippen LogP contribution in [0.1, 0.15) is 11.4 Å². The quantitative estimate of drug-likeness (QED) is 0.371. The average Bonchev–Trinajstić information content (AvgIpc) is 3.02. The van der Waals surface area contributed by atoms with E-state index in [4.69, 9.17) is 5.84 Å². The van der Waals surface area contributed by atoms with Crippen LogP contribution in [0, 0.1) is 6.92 Å². The number of para-hydroxylation sites is 1. The number of hydrogen-bond acceptors (Lipinski definition) is 6. The first-order valence-corrected chi connectivity index (χ1v) is 9.89. The first-order chi connectivity index (χ1) is 13.0. The van der Waals surface area contributed by atoms with E-state index in [2.05, 4.69) is 36.1 Å². The number of rotatable bonds is 4. The van der Waals surface area contributed by atoms with E-state index in [0.29, 0.717) is 33.5 Å². The minimum Gasteiger partial charge on any atom is -0.335 e. The Kier molecular flexibility index (Phi) is 4.71. The lowest BCUT2D eigenvalue weighted by Crippen LogP contribution is -2.13. The monoisotopic (exact) mass is 442 g/mol. The molecular formula is C18H15BrN6OS. The highest BCUT2D eigenvalue weighted by Crippen LogP contribution is 2.28. The van der Waals surface area contributed by atoms with Crippen LogP contribution in [-0.2, 0) is 5.75 Å². The van der Waals surface area contributed by atoms with Crippen molar-refractivity contribution in [1.82, 2.24) is 24.8 Å². The second-order valence-electron chi connectivity index (χ2n) is 5.93. The summed E-state index contributed by atoms with van der Waals surface area (Å²) in [6.45, 7) is 1.94. The van der Waals surface area contributed by atoms with Gasteiger partial charge in [0.15, 0.2) is 5.82 Å². The van der Waals surface area contributed by atoms with Crippen LogP contribution in [0.4, 0.5) is 0 Å². The van der Waals surface area contributed by atoms with Gasteiger partial charge in [-0.05, 0) is 30.7 Å². The molecule has 2 aromatic carbocycles. The Morgan fingerprint density at radius 2 is 2.00 bits per heavy atom. The molecule has 9 heteroatoms. The molecule has 2 heterocycles. The number of aryl methyl sites for hydroxylation is 1. The van der Waals surface area contributed by atoms with Gasteiger partial charge in [-0.15, -0.1) is 10.2 Å². The fourth-order valence-electron chi connectivity index (χ4n) is 2.75. The van der Waals surface area contributed by atoms with Crippen LogP contribution >= 0.6 is 27.7 Å². The van der Waals surface area contributed by atoms with Crippen molar-refractivity contribution in [3.8, 4) is 11.4 Å². The third kappa shape index (κ3) is 3.35. The second kappa shape index (κ2) is 7.16. The molecule has 0 bridgehead atoms. The summed E-state index contributed by atoms with van der Waals surface area (Å²) in [4.78, 5) is 19.7. The Balaban J connectivity index is 1.62. The largest absolute Gasteiger partial charge is 0.335 e. The van der Waals surface area contributed by atoms with Gasteiger partial charge < -0.3 is 10.8 Å². The van der Waals surface area contributed by atoms with Crippen molar-refractivity contribution in [2.75, 3.05) is 5.84 Å². The smallest absolute Gasteiger partial charge is 0.258 e. The first kappa shape index (κ1) is 17.7. The molecule has 4 aromatic rings. The molecule has 0 spiro atoms. The molecule has 0 amide bonds. The molecule has 0 saturated carbocycles. The summed E-state index contributed by atoms with van der Waals surface area (Å²) >= 11 is 4.86. The number of aromatic nitrogens is 5. The van der Waals surface area contributed by atoms with E-state index in [0.717, 1.165) is 15.6 Å². The van der Waals surface area contributed by atoms with Gasteiger partial charge in [-0.2, -0.15) is 0 Å². The molecule has 0 aliphatic carbocycles. The van der Waals surface area contributed by atoms with Crippen LogP contribution in [0.2, 0.25) is 0 Å². The number of hydrogen-bond donors (Lipinski definition) is 2. The number of nitrogen functional groups attached to an aromatic ring is 1. The van der Waals surface area contributed by atoms with Crippen LogP contribution < -0.4 is 11.4 Å². The maximum atomic E-state index is 12.3. The minimum absolute atomic E-state index is 0.151. The highest BCUT2D eigenvalue weighted by atomic mass is 79.9. The summed E-state index contributed by atoms with van der Waals surface area (Å²) in [5, 5.41) is 9.47. The number of H-pyrrole nitrogens is 1. The van der Waals surface area contributed by atoms with E-state index in [1.165, 1.54) is 16.4 Å². The topological polar surface area (TPSA) is 102 Å². The van der Waals surface area contributed by atoms with E-state index in [1.54, 1.807) is 6.07 Å². The highest BCUT2D eigenvalue weighted by Gasteiger charge is 2.15. The van der Waals surface area contributed by atoms with Crippen molar-refractivity contribution >= 4 is 38.6 Å². The van der Waals surface area contributed by atoms with Gasteiger partial charge in [-0.25, -0.2) is 9.66 Å². The van der Waals surface area contributed by atoms with Crippen molar-refractivity contribution in [2.45, 2.75) is 17.8 Å². The van der Waals surface area contributed by atoms with Crippen molar-refractivity contribution in [1.29, 1.82) is 0 Å². The highest BCUT2D eigenvalue weighted by molar-refractivity contribution is 9.10. The van der Waals surface area contributed by atoms with Gasteiger partial charge in [0, 0.05) is 10.0 Å². The number of nitrogens with two attached hydrogens (primary N) is 1. The molecule has 136 valence electrons. The molecule has 0 saturated heterocycles. The minimum atomic E-state index is -0.151. The van der Waals surface area contributed by atoms with Crippen LogP contribution in [0.5, 0.6) is 0 Å². The molecular weight excluding hydrogens is 428 g/mol. The summed E-state index contributed by atoms with van der Waals surface area (Å²) in [6.07, 6.45) is 0. The molecule has 4 rings (SSSR count). The molecule has 3 N–H and O–H groups in total. The number of nitrogens with zero attached hydrogens (tertiary/aromatic N) is 4. The van der Waals surface area contributed by atoms with Gasteiger partial charge in [0.05, 0.1) is 16.7 Å². The maximum Gasteiger partial charge on any atom is 0.258 e. The predicted molar refractivity (Wildman–Crippen MR) is 110 cm³/mol. The number of benzene rings is 2. The normalized spacial score (nSPS) is 11.2. The van der Waals surface area contributed by atoms with Gasteiger partial charge in [-0.1, -0.05) is 52.0 Å². The van der Waals surface area contributed by atoms with Crippen molar-refractivity contribution in [2.24, 2.45) is 0 Å². The number of fused-ring (bicyclic) bond motifs is 1. The van der Waals surface area contributed by atoms with Crippen molar-refractivity contribution < 1.29 is 0 Å². The Hall–Kier alpha value is -2.65. The molecule has 0 fully saturated rings. The third-order valence-corrected chi connectivity index (χ3v) is 5.75. The molecule has 0 aliphatic heterocycles. The summed E-state index contributed by atoms with van der Waals surface area (Å²) < 4.78 is 2.33. The Morgan fingerprint density at radius 3 is 2.81 bits per heavy atom. The summed E-state index contributed by atoms with van der Waals surface area (Å²) in [6, 6.07) is 13.2. The average molecular weight is 443 g/mol. The predicted octanol–water partition coefficient (Wildman–Crippen LogP) is 3.26. The van der Waals surface area contributed by atoms with Crippen molar-refractivity contribution in [3.05, 3.63) is 68.7 Å². The Labute approximate surface area is 167 Å². The van der Waals surface area contributed by atoms with Gasteiger partial charge >= 0.3 is 0 Å². The van der Waals surface area contributed by atoms with Crippen LogP contribution in [0.25, 0.3) is 22.3 Å². The Bertz CT molecular complexity index is 1200. The summed E-state index contributed by atoms with van der Waals surface area (Å²) in [5.74, 6) is 7.72. The lowest BCUT2D eigenvalue weighted by molar-refractivity contribution is 0.847. The number of aromatic amines is 1. The van der Waals surface area contributed by atoms with Gasteiger partial charge in [-0.3, -0.25) is 4.79 Å². The molecule has 0 atom stereocenters. The first-order valence-electron chi connectivity index (χ1n) is 8.11. The molecule has 2 aromatic heterocycles. The van der Waals surface area contributed by atoms with E-state index in [9.17, 15) is 4.79 Å². The zero-order valence-electron chi connectivity index (χ0n) is 14.3. The van der Waals surface area contributed by atoms with Gasteiger partial charge in [0.2, 0.25) is 5.16 Å².